The molecule has 27 heavy (non-hydrogen) atoms. The summed E-state index contributed by atoms with van der Waals surface area (Å²) in [4.78, 5) is 30.4. The maximum Gasteiger partial charge on any atom is 0.319 e. The molecule has 0 spiro atoms. The van der Waals surface area contributed by atoms with Crippen LogP contribution < -0.4 is 0 Å². The summed E-state index contributed by atoms with van der Waals surface area (Å²) in [5.74, 6) is 1.03. The van der Waals surface area contributed by atoms with Crippen LogP contribution in [-0.2, 0) is 0 Å². The molecule has 2 saturated heterocycles. The number of urea groups is 1. The molecule has 1 atom stereocenters. The number of hydrogen-bond acceptors (Lipinski definition) is 4. The van der Waals surface area contributed by atoms with E-state index in [1.807, 2.05) is 32.5 Å². The molecule has 144 valence electrons. The highest BCUT2D eigenvalue weighted by atomic mass is 16.2. The summed E-state index contributed by atoms with van der Waals surface area (Å²) in [5, 5.41) is 8.62. The first kappa shape index (κ1) is 17.8. The van der Waals surface area contributed by atoms with Gasteiger partial charge in [0, 0.05) is 52.4 Å². The van der Waals surface area contributed by atoms with Crippen molar-refractivity contribution in [2.45, 2.75) is 31.6 Å². The van der Waals surface area contributed by atoms with Crippen LogP contribution in [0.25, 0.3) is 5.65 Å². The molecule has 2 aliphatic rings. The van der Waals surface area contributed by atoms with Crippen LogP contribution in [0.15, 0.2) is 18.3 Å². The summed E-state index contributed by atoms with van der Waals surface area (Å²) in [5.41, 5.74) is 1.40. The molecule has 2 aromatic rings. The van der Waals surface area contributed by atoms with Gasteiger partial charge in [0.1, 0.15) is 5.82 Å². The summed E-state index contributed by atoms with van der Waals surface area (Å²) in [6, 6.07) is 3.71. The fraction of sp³-hybridized carbons (Fsp3) is 0.579. The van der Waals surface area contributed by atoms with E-state index in [0.717, 1.165) is 43.8 Å². The lowest BCUT2D eigenvalue weighted by atomic mass is 10.1. The summed E-state index contributed by atoms with van der Waals surface area (Å²) in [6.07, 6.45) is 6.05. The van der Waals surface area contributed by atoms with Gasteiger partial charge in [-0.15, -0.1) is 10.2 Å². The molecule has 0 N–H and O–H groups in total. The van der Waals surface area contributed by atoms with Crippen molar-refractivity contribution < 1.29 is 9.59 Å². The van der Waals surface area contributed by atoms with E-state index in [9.17, 15) is 9.59 Å². The molecule has 8 heteroatoms. The molecule has 0 aromatic carbocycles. The van der Waals surface area contributed by atoms with Gasteiger partial charge in [-0.05, 0) is 37.8 Å². The molecule has 8 nitrogen and oxygen atoms in total. The van der Waals surface area contributed by atoms with Crippen molar-refractivity contribution >= 4 is 17.6 Å². The molecule has 2 aliphatic heterocycles. The second-order valence-electron chi connectivity index (χ2n) is 7.67. The number of carbonyl (C=O) groups is 2. The molecule has 0 aliphatic carbocycles. The number of rotatable bonds is 2. The van der Waals surface area contributed by atoms with Gasteiger partial charge in [0.25, 0.3) is 5.91 Å². The van der Waals surface area contributed by atoms with Gasteiger partial charge in [0.2, 0.25) is 0 Å². The number of nitrogens with zero attached hydrogens (tertiary/aromatic N) is 6. The molecule has 0 saturated carbocycles. The number of hydrogen-bond donors (Lipinski definition) is 0. The Kier molecular flexibility index (Phi) is 4.72. The van der Waals surface area contributed by atoms with Crippen molar-refractivity contribution in [3.8, 4) is 0 Å². The van der Waals surface area contributed by atoms with Crippen LogP contribution in [-0.4, -0.2) is 81.5 Å². The number of fused-ring (bicyclic) bond motifs is 1. The van der Waals surface area contributed by atoms with E-state index in [4.69, 9.17) is 0 Å². The average molecular weight is 370 g/mol. The highest BCUT2D eigenvalue weighted by molar-refractivity contribution is 5.94. The van der Waals surface area contributed by atoms with E-state index in [-0.39, 0.29) is 17.9 Å². The van der Waals surface area contributed by atoms with Gasteiger partial charge in [-0.2, -0.15) is 0 Å². The van der Waals surface area contributed by atoms with Gasteiger partial charge in [-0.3, -0.25) is 9.20 Å². The first-order valence-corrected chi connectivity index (χ1v) is 9.65. The van der Waals surface area contributed by atoms with Gasteiger partial charge >= 0.3 is 6.03 Å². The largest absolute Gasteiger partial charge is 0.339 e. The topological polar surface area (TPSA) is 74.0 Å². The van der Waals surface area contributed by atoms with Gasteiger partial charge in [0.15, 0.2) is 5.65 Å². The second-order valence-corrected chi connectivity index (χ2v) is 7.67. The fourth-order valence-electron chi connectivity index (χ4n) is 4.02. The molecular formula is C19H26N6O2. The Hall–Kier alpha value is -2.64. The van der Waals surface area contributed by atoms with Gasteiger partial charge < -0.3 is 14.7 Å². The minimum absolute atomic E-state index is 0.0206. The van der Waals surface area contributed by atoms with E-state index in [1.54, 1.807) is 19.0 Å². The van der Waals surface area contributed by atoms with E-state index >= 15 is 0 Å². The van der Waals surface area contributed by atoms with E-state index < -0.39 is 0 Å². The summed E-state index contributed by atoms with van der Waals surface area (Å²) in [6.45, 7) is 3.00. The summed E-state index contributed by atoms with van der Waals surface area (Å²) in [7, 11) is 3.53. The SMILES string of the molecule is CN(C)C(=O)N1CC[C@H](c2nnc3ccc(C(=O)N4CCCCC4)cn23)C1. The predicted molar refractivity (Wildman–Crippen MR) is 101 cm³/mol. The maximum absolute atomic E-state index is 12.8. The molecule has 0 radical (unpaired) electrons. The third-order valence-corrected chi connectivity index (χ3v) is 5.53. The van der Waals surface area contributed by atoms with Gasteiger partial charge in [-0.25, -0.2) is 4.79 Å². The Bertz CT molecular complexity index is 855. The van der Waals surface area contributed by atoms with Gasteiger partial charge in [0.05, 0.1) is 5.56 Å². The van der Waals surface area contributed by atoms with E-state index in [2.05, 4.69) is 10.2 Å². The normalized spacial score (nSPS) is 20.3. The molecule has 4 rings (SSSR count). The van der Waals surface area contributed by atoms with Crippen molar-refractivity contribution in [2.75, 3.05) is 40.3 Å². The number of likely N-dealkylation sites (tertiary alicyclic amines) is 2. The molecular weight excluding hydrogens is 344 g/mol. The lowest BCUT2D eigenvalue weighted by Gasteiger charge is -2.26. The quantitative estimate of drug-likeness (QED) is 0.808. The number of piperidine rings is 1. The van der Waals surface area contributed by atoms with Gasteiger partial charge in [-0.1, -0.05) is 0 Å². The van der Waals surface area contributed by atoms with Crippen LogP contribution in [0.3, 0.4) is 0 Å². The zero-order chi connectivity index (χ0) is 19.0. The first-order valence-electron chi connectivity index (χ1n) is 9.65. The zero-order valence-electron chi connectivity index (χ0n) is 16.0. The van der Waals surface area contributed by atoms with Crippen LogP contribution in [0.1, 0.15) is 47.8 Å². The Balaban J connectivity index is 1.57. The van der Waals surface area contributed by atoms with Crippen LogP contribution in [0.4, 0.5) is 4.79 Å². The fourth-order valence-corrected chi connectivity index (χ4v) is 4.02. The Morgan fingerprint density at radius 1 is 1.04 bits per heavy atom. The minimum atomic E-state index is 0.0206. The van der Waals surface area contributed by atoms with Crippen LogP contribution in [0.2, 0.25) is 0 Å². The highest BCUT2D eigenvalue weighted by Crippen LogP contribution is 2.27. The Morgan fingerprint density at radius 3 is 2.56 bits per heavy atom. The maximum atomic E-state index is 12.8. The minimum Gasteiger partial charge on any atom is -0.339 e. The molecule has 3 amide bonds. The van der Waals surface area contributed by atoms with Crippen molar-refractivity contribution in [2.24, 2.45) is 0 Å². The Labute approximate surface area is 158 Å². The summed E-state index contributed by atoms with van der Waals surface area (Å²) >= 11 is 0. The molecule has 4 heterocycles. The number of aromatic nitrogens is 3. The van der Waals surface area contributed by atoms with Crippen molar-refractivity contribution in [1.29, 1.82) is 0 Å². The van der Waals surface area contributed by atoms with Crippen molar-refractivity contribution in [3.05, 3.63) is 29.7 Å². The average Bonchev–Trinajstić information content (AvgIpc) is 3.33. The zero-order valence-corrected chi connectivity index (χ0v) is 16.0. The van der Waals surface area contributed by atoms with Crippen LogP contribution >= 0.6 is 0 Å². The van der Waals surface area contributed by atoms with E-state index in [1.165, 1.54) is 6.42 Å². The number of pyridine rings is 1. The standard InChI is InChI=1S/C19H26N6O2/c1-22(2)19(27)24-11-8-14(12-24)17-21-20-16-7-6-15(13-25(16)17)18(26)23-9-4-3-5-10-23/h6-7,13-14H,3-5,8-12H2,1-2H3/t14-/m0/s1. The molecule has 2 fully saturated rings. The third kappa shape index (κ3) is 3.36. The molecule has 0 unspecified atom stereocenters. The van der Waals surface area contributed by atoms with Crippen LogP contribution in [0, 0.1) is 0 Å². The smallest absolute Gasteiger partial charge is 0.319 e. The number of carbonyl (C=O) groups excluding carboxylic acids is 2. The molecule has 2 aromatic heterocycles. The highest BCUT2D eigenvalue weighted by Gasteiger charge is 2.31. The summed E-state index contributed by atoms with van der Waals surface area (Å²) < 4.78 is 1.92. The van der Waals surface area contributed by atoms with Crippen molar-refractivity contribution in [3.63, 3.8) is 0 Å². The third-order valence-electron chi connectivity index (χ3n) is 5.53. The molecule has 0 bridgehead atoms. The van der Waals surface area contributed by atoms with Crippen molar-refractivity contribution in [1.82, 2.24) is 29.3 Å². The number of amides is 3. The predicted octanol–water partition coefficient (Wildman–Crippen LogP) is 1.83. The monoisotopic (exact) mass is 370 g/mol. The lowest BCUT2D eigenvalue weighted by Crippen LogP contribution is -2.37. The second kappa shape index (κ2) is 7.17. The lowest BCUT2D eigenvalue weighted by molar-refractivity contribution is 0.0724. The van der Waals surface area contributed by atoms with E-state index in [0.29, 0.717) is 18.7 Å². The van der Waals surface area contributed by atoms with Crippen LogP contribution in [0.5, 0.6) is 0 Å². The first-order chi connectivity index (χ1) is 13.0. The Morgan fingerprint density at radius 2 is 1.81 bits per heavy atom.